The van der Waals surface area contributed by atoms with E-state index in [0.717, 1.165) is 5.82 Å². The maximum absolute atomic E-state index is 13.3. The Morgan fingerprint density at radius 2 is 2.32 bits per heavy atom. The first-order valence-corrected chi connectivity index (χ1v) is 8.72. The van der Waals surface area contributed by atoms with Gasteiger partial charge in [0.15, 0.2) is 10.7 Å². The van der Waals surface area contributed by atoms with Gasteiger partial charge in [0.2, 0.25) is 5.84 Å². The van der Waals surface area contributed by atoms with E-state index in [1.165, 1.54) is 30.0 Å². The van der Waals surface area contributed by atoms with Gasteiger partial charge in [-0.3, -0.25) is 0 Å². The van der Waals surface area contributed by atoms with Crippen LogP contribution in [0.5, 0.6) is 0 Å². The van der Waals surface area contributed by atoms with Gasteiger partial charge in [0.25, 0.3) is 0 Å². The number of halogens is 2. The summed E-state index contributed by atoms with van der Waals surface area (Å²) in [5, 5.41) is 23.4. The third-order valence-electron chi connectivity index (χ3n) is 3.22. The molecule has 0 spiro atoms. The molecule has 0 aliphatic carbocycles. The van der Waals surface area contributed by atoms with Crippen molar-refractivity contribution in [2.24, 2.45) is 12.2 Å². The Labute approximate surface area is 154 Å². The van der Waals surface area contributed by atoms with Crippen LogP contribution in [0.1, 0.15) is 11.5 Å². The Morgan fingerprint density at radius 1 is 1.48 bits per heavy atom. The van der Waals surface area contributed by atoms with Gasteiger partial charge < -0.3 is 15.1 Å². The van der Waals surface area contributed by atoms with Crippen LogP contribution in [0.3, 0.4) is 0 Å². The van der Waals surface area contributed by atoms with Crippen LogP contribution in [-0.2, 0) is 12.8 Å². The summed E-state index contributed by atoms with van der Waals surface area (Å²) in [4.78, 5) is 4.22. The summed E-state index contributed by atoms with van der Waals surface area (Å²) in [5.74, 6) is 1.01. The molecule has 1 aromatic carbocycles. The highest BCUT2D eigenvalue weighted by Gasteiger charge is 2.19. The third-order valence-corrected chi connectivity index (χ3v) is 4.78. The number of hydrogen-bond donors (Lipinski definition) is 2. The highest BCUT2D eigenvalue weighted by Crippen LogP contribution is 2.25. The molecule has 0 saturated heterocycles. The van der Waals surface area contributed by atoms with Crippen LogP contribution >= 0.6 is 27.7 Å². The number of rotatable bonds is 5. The van der Waals surface area contributed by atoms with Crippen molar-refractivity contribution < 1.29 is 14.2 Å². The molecule has 0 saturated carbocycles. The molecule has 11 heteroatoms. The normalized spacial score (nSPS) is 11.7. The van der Waals surface area contributed by atoms with E-state index in [1.54, 1.807) is 6.20 Å². The molecule has 0 atom stereocenters. The second kappa shape index (κ2) is 7.66. The number of nitrogens with zero attached hydrogens (tertiary/aromatic N) is 5. The summed E-state index contributed by atoms with van der Waals surface area (Å²) in [6.45, 7) is 0. The van der Waals surface area contributed by atoms with Crippen molar-refractivity contribution >= 4 is 39.2 Å². The lowest BCUT2D eigenvalue weighted by atomic mass is 10.3. The summed E-state index contributed by atoms with van der Waals surface area (Å²) in [6, 6.07) is 4.29. The van der Waals surface area contributed by atoms with Crippen LogP contribution in [-0.4, -0.2) is 30.9 Å². The SMILES string of the molecule is Cn1ccnc1CSc1nonc1/C(=N\O)Nc1ccc(F)c(Br)c1. The van der Waals surface area contributed by atoms with Crippen molar-refractivity contribution in [3.63, 3.8) is 0 Å². The number of aryl methyl sites for hydroxylation is 1. The van der Waals surface area contributed by atoms with Gasteiger partial charge in [-0.15, -0.1) is 0 Å². The fraction of sp³-hybridized carbons (Fsp3) is 0.143. The number of imidazole rings is 1. The zero-order valence-corrected chi connectivity index (χ0v) is 15.3. The zero-order valence-electron chi connectivity index (χ0n) is 12.8. The van der Waals surface area contributed by atoms with Crippen molar-refractivity contribution in [3.05, 3.63) is 52.4 Å². The molecule has 0 aliphatic rings. The molecule has 0 amide bonds. The van der Waals surface area contributed by atoms with Crippen LogP contribution in [0.25, 0.3) is 0 Å². The Hall–Kier alpha value is -2.40. The first-order chi connectivity index (χ1) is 12.1. The second-order valence-corrected chi connectivity index (χ2v) is 6.68. The van der Waals surface area contributed by atoms with Crippen molar-refractivity contribution in [3.8, 4) is 0 Å². The molecule has 2 N–H and O–H groups in total. The minimum atomic E-state index is -0.401. The molecular weight excluding hydrogens is 415 g/mol. The molecule has 8 nitrogen and oxygen atoms in total. The summed E-state index contributed by atoms with van der Waals surface area (Å²) >= 11 is 4.43. The maximum atomic E-state index is 13.3. The van der Waals surface area contributed by atoms with Gasteiger partial charge in [-0.25, -0.2) is 14.0 Å². The molecule has 3 aromatic rings. The Bertz CT molecular complexity index is 912. The van der Waals surface area contributed by atoms with Crippen molar-refractivity contribution in [2.75, 3.05) is 5.32 Å². The average Bonchev–Trinajstić information content (AvgIpc) is 3.22. The number of oxime groups is 1. The summed E-state index contributed by atoms with van der Waals surface area (Å²) < 4.78 is 20.2. The molecule has 2 aromatic heterocycles. The summed E-state index contributed by atoms with van der Waals surface area (Å²) in [6.07, 6.45) is 3.54. The van der Waals surface area contributed by atoms with Crippen molar-refractivity contribution in [1.29, 1.82) is 0 Å². The molecule has 0 fully saturated rings. The highest BCUT2D eigenvalue weighted by molar-refractivity contribution is 9.10. The van der Waals surface area contributed by atoms with E-state index in [9.17, 15) is 9.60 Å². The predicted octanol–water partition coefficient (Wildman–Crippen LogP) is 3.24. The smallest absolute Gasteiger partial charge is 0.202 e. The van der Waals surface area contributed by atoms with Gasteiger partial charge in [0.1, 0.15) is 11.6 Å². The van der Waals surface area contributed by atoms with E-state index in [-0.39, 0.29) is 16.0 Å². The van der Waals surface area contributed by atoms with E-state index in [4.69, 9.17) is 4.63 Å². The zero-order chi connectivity index (χ0) is 17.8. The van der Waals surface area contributed by atoms with Crippen LogP contribution in [0.2, 0.25) is 0 Å². The maximum Gasteiger partial charge on any atom is 0.202 e. The number of thioether (sulfide) groups is 1. The molecule has 0 bridgehead atoms. The monoisotopic (exact) mass is 426 g/mol. The molecule has 0 unspecified atom stereocenters. The number of nitrogens with one attached hydrogen (secondary N) is 1. The number of anilines is 1. The first kappa shape index (κ1) is 17.4. The molecule has 0 radical (unpaired) electrons. The third kappa shape index (κ3) is 3.99. The van der Waals surface area contributed by atoms with Crippen LogP contribution in [0.15, 0.2) is 49.9 Å². The first-order valence-electron chi connectivity index (χ1n) is 6.94. The molecule has 2 heterocycles. The van der Waals surface area contributed by atoms with Crippen molar-refractivity contribution in [2.45, 2.75) is 10.8 Å². The largest absolute Gasteiger partial charge is 0.409 e. The van der Waals surface area contributed by atoms with Crippen LogP contribution < -0.4 is 5.32 Å². The van der Waals surface area contributed by atoms with Gasteiger partial charge in [0.05, 0.1) is 10.2 Å². The summed E-state index contributed by atoms with van der Waals surface area (Å²) in [7, 11) is 1.89. The Balaban J connectivity index is 1.76. The average molecular weight is 427 g/mol. The lowest BCUT2D eigenvalue weighted by Crippen LogP contribution is -2.15. The standard InChI is InChI=1S/C14H12BrFN6O2S/c1-22-5-4-17-11(22)7-25-14-12(20-24-21-14)13(19-23)18-8-2-3-10(16)9(15)6-8/h2-6,23H,7H2,1H3,(H,18,19). The van der Waals surface area contributed by atoms with E-state index in [2.05, 4.69) is 41.7 Å². The summed E-state index contributed by atoms with van der Waals surface area (Å²) in [5.41, 5.74) is 0.742. The molecule has 130 valence electrons. The molecule has 3 rings (SSSR count). The van der Waals surface area contributed by atoms with Crippen LogP contribution in [0, 0.1) is 5.82 Å². The number of amidine groups is 1. The highest BCUT2D eigenvalue weighted by atomic mass is 79.9. The lowest BCUT2D eigenvalue weighted by Gasteiger charge is -2.07. The molecule has 0 aliphatic heterocycles. The minimum absolute atomic E-state index is 0.0297. The van der Waals surface area contributed by atoms with E-state index in [0.29, 0.717) is 16.5 Å². The molecular formula is C14H12BrFN6O2S. The minimum Gasteiger partial charge on any atom is -0.409 e. The number of benzene rings is 1. The number of hydrogen-bond acceptors (Lipinski definition) is 7. The van der Waals surface area contributed by atoms with Gasteiger partial charge in [-0.2, -0.15) is 0 Å². The van der Waals surface area contributed by atoms with Gasteiger partial charge in [0, 0.05) is 25.1 Å². The predicted molar refractivity (Wildman–Crippen MR) is 93.1 cm³/mol. The topological polar surface area (TPSA) is 101 Å². The van der Waals surface area contributed by atoms with Gasteiger partial charge in [-0.05, 0) is 44.4 Å². The van der Waals surface area contributed by atoms with Crippen molar-refractivity contribution in [1.82, 2.24) is 19.9 Å². The Morgan fingerprint density at radius 3 is 3.00 bits per heavy atom. The van der Waals surface area contributed by atoms with E-state index in [1.807, 2.05) is 17.8 Å². The second-order valence-electron chi connectivity index (χ2n) is 4.86. The lowest BCUT2D eigenvalue weighted by molar-refractivity contribution is 0.297. The van der Waals surface area contributed by atoms with Gasteiger partial charge >= 0.3 is 0 Å². The molecule has 25 heavy (non-hydrogen) atoms. The fourth-order valence-corrected chi connectivity index (χ4v) is 3.21. The van der Waals surface area contributed by atoms with E-state index < -0.39 is 5.82 Å². The van der Waals surface area contributed by atoms with Gasteiger partial charge in [-0.1, -0.05) is 16.9 Å². The number of aromatic nitrogens is 4. The quantitative estimate of drug-likeness (QED) is 0.212. The van der Waals surface area contributed by atoms with Crippen LogP contribution in [0.4, 0.5) is 10.1 Å². The van der Waals surface area contributed by atoms with E-state index >= 15 is 0 Å². The fourth-order valence-electron chi connectivity index (χ4n) is 1.93. The Kier molecular flexibility index (Phi) is 5.34.